The van der Waals surface area contributed by atoms with Crippen molar-refractivity contribution in [3.63, 3.8) is 0 Å². The van der Waals surface area contributed by atoms with Crippen molar-refractivity contribution in [3.05, 3.63) is 23.8 Å². The van der Waals surface area contributed by atoms with Gasteiger partial charge in [0.1, 0.15) is 11.9 Å². The van der Waals surface area contributed by atoms with Crippen LogP contribution in [-0.2, 0) is 53.9 Å². The molecule has 0 spiro atoms. The summed E-state index contributed by atoms with van der Waals surface area (Å²) in [5, 5.41) is 0. The zero-order valence-corrected chi connectivity index (χ0v) is 15.2. The van der Waals surface area contributed by atoms with Crippen molar-refractivity contribution < 1.29 is 50.7 Å². The molecule has 0 fully saturated rings. The summed E-state index contributed by atoms with van der Waals surface area (Å²) >= 11 is 0. The summed E-state index contributed by atoms with van der Waals surface area (Å²) in [7, 11) is -3.36. The number of benzene rings is 1. The maximum Gasteiger partial charge on any atom is 0.232 e. The summed E-state index contributed by atoms with van der Waals surface area (Å²) in [6, 6.07) is 5.14. The Labute approximate surface area is 144 Å². The first kappa shape index (κ1) is 17.6. The number of sulfonamides is 1. The van der Waals surface area contributed by atoms with Crippen molar-refractivity contribution >= 4 is 22.0 Å². The van der Waals surface area contributed by atoms with Crippen LogP contribution in [-0.4, -0.2) is 33.6 Å². The zero-order chi connectivity index (χ0) is 14.0. The zero-order valence-electron chi connectivity index (χ0n) is 11.5. The molecule has 1 aromatic rings. The van der Waals surface area contributed by atoms with Gasteiger partial charge in [0.25, 0.3) is 0 Å². The van der Waals surface area contributed by atoms with E-state index >= 15 is 0 Å². The van der Waals surface area contributed by atoms with Crippen molar-refractivity contribution in [2.45, 2.75) is 25.9 Å². The molecule has 0 N–H and O–H groups in total. The molecule has 1 heterocycles. The molecule has 1 aliphatic rings. The van der Waals surface area contributed by atoms with Gasteiger partial charge < -0.3 is 9.53 Å². The van der Waals surface area contributed by atoms with Gasteiger partial charge in [-0.1, -0.05) is 18.6 Å². The van der Waals surface area contributed by atoms with Crippen LogP contribution in [0.25, 0.3) is 0 Å². The third-order valence-electron chi connectivity index (χ3n) is 3.09. The van der Waals surface area contributed by atoms with Gasteiger partial charge in [-0.2, -0.15) is 0 Å². The minimum Gasteiger partial charge on any atom is -0.541 e. The van der Waals surface area contributed by atoms with Gasteiger partial charge in [0.15, 0.2) is 0 Å². The number of anilines is 1. The van der Waals surface area contributed by atoms with E-state index in [4.69, 9.17) is 4.74 Å². The molecule has 7 heteroatoms. The van der Waals surface area contributed by atoms with Gasteiger partial charge in [0.2, 0.25) is 10.0 Å². The van der Waals surface area contributed by atoms with E-state index in [0.29, 0.717) is 18.0 Å². The minimum atomic E-state index is -3.36. The first-order valence-corrected chi connectivity index (χ1v) is 7.92. The van der Waals surface area contributed by atoms with E-state index in [1.807, 2.05) is 6.92 Å². The molecule has 0 aliphatic carbocycles. The van der Waals surface area contributed by atoms with E-state index in [2.05, 4.69) is 0 Å². The Morgan fingerprint density at radius 2 is 2.15 bits per heavy atom. The average molecular weight is 371 g/mol. The van der Waals surface area contributed by atoms with Gasteiger partial charge in [0, 0.05) is 32.7 Å². The fourth-order valence-electron chi connectivity index (χ4n) is 2.08. The van der Waals surface area contributed by atoms with Crippen molar-refractivity contribution in [1.29, 1.82) is 0 Å². The fraction of sp³-hybridized carbons (Fsp3) is 0.462. The predicted molar refractivity (Wildman–Crippen MR) is 72.7 cm³/mol. The maximum atomic E-state index is 11.9. The van der Waals surface area contributed by atoms with Crippen molar-refractivity contribution in [1.82, 2.24) is 0 Å². The van der Waals surface area contributed by atoms with E-state index in [-0.39, 0.29) is 45.2 Å². The molecule has 1 unspecified atom stereocenters. The Kier molecular flexibility index (Phi) is 6.16. The summed E-state index contributed by atoms with van der Waals surface area (Å²) in [6.07, 6.45) is 3.70. The molecule has 20 heavy (non-hydrogen) atoms. The van der Waals surface area contributed by atoms with E-state index < -0.39 is 10.0 Å². The number of nitrogens with zero attached hydrogens (tertiary/aromatic N) is 1. The van der Waals surface area contributed by atoms with Gasteiger partial charge in [-0.05, 0) is 18.6 Å². The third-order valence-corrected chi connectivity index (χ3v) is 4.23. The Morgan fingerprint density at radius 1 is 1.45 bits per heavy atom. The molecule has 1 radical (unpaired) electrons. The van der Waals surface area contributed by atoms with Gasteiger partial charge in [-0.3, -0.25) is 10.6 Å². The van der Waals surface area contributed by atoms with Crippen LogP contribution >= 0.6 is 0 Å². The normalized spacial score (nSPS) is 17.7. The molecule has 1 atom stereocenters. The van der Waals surface area contributed by atoms with Gasteiger partial charge >= 0.3 is 0 Å². The van der Waals surface area contributed by atoms with Crippen LogP contribution in [0, 0.1) is 0 Å². The van der Waals surface area contributed by atoms with Crippen LogP contribution < -0.4 is 9.04 Å². The third kappa shape index (κ3) is 3.80. The Hall–Kier alpha value is -0.456. The quantitative estimate of drug-likeness (QED) is 0.748. The first-order valence-electron chi connectivity index (χ1n) is 6.08. The number of fused-ring (bicyclic) bond motifs is 1. The summed E-state index contributed by atoms with van der Waals surface area (Å²) in [6.45, 7) is 2.25. The Balaban J connectivity index is 0.00000200. The molecule has 0 amide bonds. The molecule has 1 aromatic carbocycles. The molecular formula is C13H16NO4SY-. The van der Waals surface area contributed by atoms with Crippen LogP contribution in [0.2, 0.25) is 0 Å². The Bertz CT molecular complexity index is 588. The smallest absolute Gasteiger partial charge is 0.232 e. The first-order chi connectivity index (χ1) is 8.95. The standard InChI is InChI=1S/C13H16NO4S.Y/c1-3-11-9-14(19(2,16)17)12-8-10(6-7-15)4-5-13(12)18-11;/h4-5,8,11H,3,6,9H2,1-2H3;/q-1;. The fourth-order valence-corrected chi connectivity index (χ4v) is 3.01. The summed E-state index contributed by atoms with van der Waals surface area (Å²) in [5.74, 6) is 0.540. The van der Waals surface area contributed by atoms with Crippen LogP contribution in [0.3, 0.4) is 0 Å². The molecular weight excluding hydrogens is 355 g/mol. The average Bonchev–Trinajstić information content (AvgIpc) is 2.36. The van der Waals surface area contributed by atoms with Crippen molar-refractivity contribution in [2.24, 2.45) is 0 Å². The van der Waals surface area contributed by atoms with Crippen LogP contribution in [0.5, 0.6) is 5.75 Å². The number of carbonyl (C=O) groups excluding carboxylic acids is 1. The monoisotopic (exact) mass is 371 g/mol. The second-order valence-electron chi connectivity index (χ2n) is 4.57. The molecule has 1 aliphatic heterocycles. The predicted octanol–water partition coefficient (Wildman–Crippen LogP) is 1.27. The molecule has 107 valence electrons. The van der Waals surface area contributed by atoms with E-state index in [1.54, 1.807) is 24.5 Å². The summed E-state index contributed by atoms with van der Waals surface area (Å²) < 4.78 is 30.8. The van der Waals surface area contributed by atoms with Crippen LogP contribution in [0.1, 0.15) is 18.9 Å². The van der Waals surface area contributed by atoms with Gasteiger partial charge in [-0.25, -0.2) is 8.42 Å². The molecule has 2 rings (SSSR count). The number of hydrogen-bond donors (Lipinski definition) is 0. The topological polar surface area (TPSA) is 63.7 Å². The summed E-state index contributed by atoms with van der Waals surface area (Å²) in [5.41, 5.74) is 1.22. The Morgan fingerprint density at radius 3 is 2.70 bits per heavy atom. The maximum absolute atomic E-state index is 11.9. The van der Waals surface area contributed by atoms with Gasteiger partial charge in [-0.15, -0.1) is 6.42 Å². The van der Waals surface area contributed by atoms with Crippen LogP contribution in [0.4, 0.5) is 5.69 Å². The van der Waals surface area contributed by atoms with E-state index in [9.17, 15) is 13.2 Å². The number of hydrogen-bond acceptors (Lipinski definition) is 4. The molecule has 5 nitrogen and oxygen atoms in total. The SMILES string of the molecule is CCC1CN(S(C)(=O)=O)c2cc(C[C-]=O)ccc2O1.[Y]. The van der Waals surface area contributed by atoms with E-state index in [0.717, 1.165) is 12.0 Å². The molecule has 0 aromatic heterocycles. The number of rotatable bonds is 4. The van der Waals surface area contributed by atoms with Crippen molar-refractivity contribution in [3.8, 4) is 5.75 Å². The largest absolute Gasteiger partial charge is 0.541 e. The second-order valence-corrected chi connectivity index (χ2v) is 6.47. The van der Waals surface area contributed by atoms with Gasteiger partial charge in [0.05, 0.1) is 18.5 Å². The summed E-state index contributed by atoms with van der Waals surface area (Å²) in [4.78, 5) is 10.4. The van der Waals surface area contributed by atoms with E-state index in [1.165, 1.54) is 10.6 Å². The van der Waals surface area contributed by atoms with Crippen molar-refractivity contribution in [2.75, 3.05) is 17.1 Å². The van der Waals surface area contributed by atoms with Crippen LogP contribution in [0.15, 0.2) is 18.2 Å². The minimum absolute atomic E-state index is 0. The molecule has 0 saturated carbocycles. The number of ether oxygens (including phenoxy) is 1. The molecule has 0 saturated heterocycles. The molecule has 0 bridgehead atoms. The second kappa shape index (κ2) is 7.01.